The van der Waals surface area contributed by atoms with Crippen LogP contribution in [0.4, 0.5) is 0 Å². The minimum Gasteiger partial charge on any atom is -0.205 e. The van der Waals surface area contributed by atoms with E-state index in [0.29, 0.717) is 0 Å². The van der Waals surface area contributed by atoms with E-state index in [9.17, 15) is 16.8 Å². The maximum atomic E-state index is 11.8. The lowest BCUT2D eigenvalue weighted by Crippen LogP contribution is -2.27. The zero-order chi connectivity index (χ0) is 14.6. The number of rotatable bonds is 5. The van der Waals surface area contributed by atoms with Gasteiger partial charge in [-0.15, -0.1) is 0 Å². The Kier molecular flexibility index (Phi) is 4.19. The summed E-state index contributed by atoms with van der Waals surface area (Å²) in [5.41, 5.74) is 0. The van der Waals surface area contributed by atoms with Crippen molar-refractivity contribution in [2.45, 2.75) is 9.79 Å². The average molecular weight is 313 g/mol. The molecule has 0 aromatic heterocycles. The fourth-order valence-electron chi connectivity index (χ4n) is 1.37. The summed E-state index contributed by atoms with van der Waals surface area (Å²) in [5.74, 6) is 0. The molecule has 0 aliphatic heterocycles. The van der Waals surface area contributed by atoms with Gasteiger partial charge in [-0.3, -0.25) is 0 Å². The van der Waals surface area contributed by atoms with Crippen molar-refractivity contribution in [3.8, 4) is 0 Å². The highest BCUT2D eigenvalue weighted by molar-refractivity contribution is 7.91. The van der Waals surface area contributed by atoms with E-state index in [1.165, 1.54) is 48.5 Å². The van der Waals surface area contributed by atoms with Gasteiger partial charge in [0.05, 0.1) is 9.79 Å². The molecule has 0 fully saturated rings. The SMILES string of the molecule is O=S(=O)(NOS(=O)(=O)c1ccccc1)c1ccccc1. The van der Waals surface area contributed by atoms with Crippen molar-refractivity contribution in [3.05, 3.63) is 60.7 Å². The molecule has 2 rings (SSSR count). The molecule has 8 heteroatoms. The van der Waals surface area contributed by atoms with E-state index in [-0.39, 0.29) is 9.79 Å². The zero-order valence-electron chi connectivity index (χ0n) is 10.1. The molecule has 0 unspecified atom stereocenters. The fraction of sp³-hybridized carbons (Fsp3) is 0. The van der Waals surface area contributed by atoms with Crippen molar-refractivity contribution in [1.82, 2.24) is 4.89 Å². The Bertz CT molecular complexity index is 702. The lowest BCUT2D eigenvalue weighted by molar-refractivity contribution is 0.273. The number of sulfonamides is 1. The van der Waals surface area contributed by atoms with Gasteiger partial charge in [0.1, 0.15) is 0 Å². The van der Waals surface area contributed by atoms with Crippen molar-refractivity contribution >= 4 is 20.1 Å². The van der Waals surface area contributed by atoms with Crippen molar-refractivity contribution in [2.75, 3.05) is 0 Å². The molecule has 0 spiro atoms. The molecule has 0 atom stereocenters. The van der Waals surface area contributed by atoms with Crippen LogP contribution in [0.15, 0.2) is 70.5 Å². The molecular formula is C12H11NO5S2. The Hall–Kier alpha value is -1.74. The normalized spacial score (nSPS) is 12.2. The summed E-state index contributed by atoms with van der Waals surface area (Å²) in [7, 11) is -8.24. The third-order valence-corrected chi connectivity index (χ3v) is 4.79. The summed E-state index contributed by atoms with van der Waals surface area (Å²) in [6.45, 7) is 0. The van der Waals surface area contributed by atoms with E-state index in [2.05, 4.69) is 4.28 Å². The van der Waals surface area contributed by atoms with E-state index >= 15 is 0 Å². The maximum Gasteiger partial charge on any atom is 0.313 e. The molecule has 106 valence electrons. The predicted molar refractivity (Wildman–Crippen MR) is 71.5 cm³/mol. The Morgan fingerprint density at radius 2 is 1.15 bits per heavy atom. The van der Waals surface area contributed by atoms with Crippen LogP contribution in [-0.2, 0) is 24.4 Å². The largest absolute Gasteiger partial charge is 0.313 e. The molecule has 2 aromatic rings. The van der Waals surface area contributed by atoms with Gasteiger partial charge in [-0.1, -0.05) is 41.3 Å². The molecule has 0 heterocycles. The lowest BCUT2D eigenvalue weighted by Gasteiger charge is -2.07. The van der Waals surface area contributed by atoms with Gasteiger partial charge in [-0.25, -0.2) is 8.42 Å². The second-order valence-corrected chi connectivity index (χ2v) is 6.94. The van der Waals surface area contributed by atoms with Crippen molar-refractivity contribution in [3.63, 3.8) is 0 Å². The maximum absolute atomic E-state index is 11.8. The van der Waals surface area contributed by atoms with Crippen LogP contribution in [-0.4, -0.2) is 16.8 Å². The molecule has 0 radical (unpaired) electrons. The summed E-state index contributed by atoms with van der Waals surface area (Å²) < 4.78 is 51.5. The Labute approximate surface area is 117 Å². The van der Waals surface area contributed by atoms with Crippen LogP contribution in [0.25, 0.3) is 0 Å². The minimum atomic E-state index is -4.19. The third kappa shape index (κ3) is 3.42. The van der Waals surface area contributed by atoms with Gasteiger partial charge in [-0.05, 0) is 24.3 Å². The molecule has 0 amide bonds. The number of hydrogen-bond acceptors (Lipinski definition) is 5. The van der Waals surface area contributed by atoms with Crippen LogP contribution in [0.1, 0.15) is 0 Å². The van der Waals surface area contributed by atoms with Crippen LogP contribution < -0.4 is 4.89 Å². The van der Waals surface area contributed by atoms with Gasteiger partial charge in [0.15, 0.2) is 0 Å². The van der Waals surface area contributed by atoms with E-state index < -0.39 is 20.1 Å². The standard InChI is InChI=1S/C12H11NO5S2/c14-19(15,11-7-3-1-4-8-11)13-18-20(16,17)12-9-5-2-6-10-12/h1-10,13H. The van der Waals surface area contributed by atoms with Crippen molar-refractivity contribution < 1.29 is 21.1 Å². The first-order chi connectivity index (χ1) is 9.42. The highest BCUT2D eigenvalue weighted by atomic mass is 32.2. The van der Waals surface area contributed by atoms with Crippen LogP contribution in [0.2, 0.25) is 0 Å². The number of hydrogen-bond donors (Lipinski definition) is 1. The molecule has 0 aliphatic carbocycles. The second kappa shape index (κ2) is 5.71. The first-order valence-electron chi connectivity index (χ1n) is 5.47. The summed E-state index contributed by atoms with van der Waals surface area (Å²) >= 11 is 0. The van der Waals surface area contributed by atoms with Gasteiger partial charge in [0, 0.05) is 0 Å². The van der Waals surface area contributed by atoms with Gasteiger partial charge in [0.25, 0.3) is 10.0 Å². The molecule has 1 N–H and O–H groups in total. The smallest absolute Gasteiger partial charge is 0.205 e. The fourth-order valence-corrected chi connectivity index (χ4v) is 3.29. The first kappa shape index (κ1) is 14.7. The highest BCUT2D eigenvalue weighted by Gasteiger charge is 2.21. The summed E-state index contributed by atoms with van der Waals surface area (Å²) in [6.07, 6.45) is 0. The average Bonchev–Trinajstić information content (AvgIpc) is 2.47. The Balaban J connectivity index is 2.17. The highest BCUT2D eigenvalue weighted by Crippen LogP contribution is 2.12. The lowest BCUT2D eigenvalue weighted by atomic mass is 10.4. The molecule has 0 saturated heterocycles. The van der Waals surface area contributed by atoms with Crippen molar-refractivity contribution in [1.29, 1.82) is 0 Å². The molecule has 0 aliphatic rings. The Morgan fingerprint density at radius 1 is 0.700 bits per heavy atom. The molecule has 20 heavy (non-hydrogen) atoms. The van der Waals surface area contributed by atoms with Gasteiger partial charge >= 0.3 is 10.1 Å². The number of benzene rings is 2. The molecule has 0 saturated carbocycles. The van der Waals surface area contributed by atoms with Gasteiger partial charge < -0.3 is 0 Å². The van der Waals surface area contributed by atoms with E-state index in [1.54, 1.807) is 17.0 Å². The van der Waals surface area contributed by atoms with E-state index in [4.69, 9.17) is 0 Å². The minimum absolute atomic E-state index is 0.0942. The van der Waals surface area contributed by atoms with Crippen molar-refractivity contribution in [2.24, 2.45) is 0 Å². The van der Waals surface area contributed by atoms with Crippen LogP contribution in [0.5, 0.6) is 0 Å². The quantitative estimate of drug-likeness (QED) is 0.840. The van der Waals surface area contributed by atoms with Crippen LogP contribution in [0.3, 0.4) is 0 Å². The van der Waals surface area contributed by atoms with E-state index in [1.807, 2.05) is 0 Å². The Morgan fingerprint density at radius 3 is 1.65 bits per heavy atom. The number of nitrogens with one attached hydrogen (secondary N) is 1. The summed E-state index contributed by atoms with van der Waals surface area (Å²) in [5, 5.41) is 0. The first-order valence-corrected chi connectivity index (χ1v) is 8.36. The summed E-state index contributed by atoms with van der Waals surface area (Å²) in [4.78, 5) is 1.36. The summed E-state index contributed by atoms with van der Waals surface area (Å²) in [6, 6.07) is 14.5. The second-order valence-electron chi connectivity index (χ2n) is 3.75. The van der Waals surface area contributed by atoms with Crippen LogP contribution in [0, 0.1) is 0 Å². The topological polar surface area (TPSA) is 89.5 Å². The van der Waals surface area contributed by atoms with Gasteiger partial charge in [-0.2, -0.15) is 12.7 Å². The monoisotopic (exact) mass is 313 g/mol. The molecular weight excluding hydrogens is 302 g/mol. The van der Waals surface area contributed by atoms with Gasteiger partial charge in [0.2, 0.25) is 0 Å². The van der Waals surface area contributed by atoms with Crippen LogP contribution >= 0.6 is 0 Å². The molecule has 2 aromatic carbocycles. The van der Waals surface area contributed by atoms with E-state index in [0.717, 1.165) is 0 Å². The third-order valence-electron chi connectivity index (χ3n) is 2.34. The molecule has 0 bridgehead atoms. The predicted octanol–water partition coefficient (Wildman–Crippen LogP) is 1.29. The molecule has 6 nitrogen and oxygen atoms in total. The zero-order valence-corrected chi connectivity index (χ0v) is 11.8.